The summed E-state index contributed by atoms with van der Waals surface area (Å²) in [4.78, 5) is 26.2. The molecule has 0 aliphatic heterocycles. The van der Waals surface area contributed by atoms with Crippen molar-refractivity contribution in [1.29, 1.82) is 0 Å². The number of halogens is 6. The van der Waals surface area contributed by atoms with E-state index in [0.29, 0.717) is 17.8 Å². The summed E-state index contributed by atoms with van der Waals surface area (Å²) in [5.74, 6) is -5.68. The van der Waals surface area contributed by atoms with Crippen molar-refractivity contribution in [3.8, 4) is 0 Å². The van der Waals surface area contributed by atoms with Crippen molar-refractivity contribution in [1.82, 2.24) is 0 Å². The second-order valence-corrected chi connectivity index (χ2v) is 17.7. The number of amides is 2. The van der Waals surface area contributed by atoms with E-state index in [1.54, 1.807) is 36.5 Å². The van der Waals surface area contributed by atoms with Crippen molar-refractivity contribution in [3.63, 3.8) is 0 Å². The molecule has 0 bridgehead atoms. The average molecular weight is 711 g/mol. The quantitative estimate of drug-likeness (QED) is 0.142. The fraction of sp³-hybridized carbons (Fsp3) is 0.0556. The Balaban J connectivity index is 1.56. The van der Waals surface area contributed by atoms with Crippen molar-refractivity contribution in [2.45, 2.75) is 12.8 Å². The standard InChI is InChI=1S/2C13H7ClF2NO.2C5H5.Ti/c2*14-9-3-1-8(2-4-9)13(18)17-12-6-5-10(15)7-11(12)16;2*1-2-4-5-3-1;/h2*1-6H,(H,17,18);2*1-3H,4H2;. The van der Waals surface area contributed by atoms with Gasteiger partial charge in [-0.15, -0.1) is 0 Å². The van der Waals surface area contributed by atoms with Crippen LogP contribution in [0, 0.1) is 23.3 Å². The minimum absolute atomic E-state index is 0.166. The van der Waals surface area contributed by atoms with Crippen LogP contribution in [0.4, 0.5) is 28.9 Å². The number of nitrogens with one attached hydrogen (secondary N) is 2. The van der Waals surface area contributed by atoms with Gasteiger partial charge in [-0.05, 0) is 0 Å². The van der Waals surface area contributed by atoms with Crippen LogP contribution in [0.15, 0.2) is 117 Å². The summed E-state index contributed by atoms with van der Waals surface area (Å²) in [6.07, 6.45) is 10.5. The maximum atomic E-state index is 16.9. The third kappa shape index (κ3) is 6.14. The molecule has 6 rings (SSSR count). The fourth-order valence-electron chi connectivity index (χ4n) is 6.00. The molecule has 0 fully saturated rings. The Hall–Kier alpha value is -4.21. The molecule has 0 radical (unpaired) electrons. The Kier molecular flexibility index (Phi) is 9.40. The van der Waals surface area contributed by atoms with Crippen LogP contribution in [0.5, 0.6) is 0 Å². The van der Waals surface area contributed by atoms with E-state index >= 15 is 17.6 Å². The van der Waals surface area contributed by atoms with Gasteiger partial charge in [-0.25, -0.2) is 0 Å². The van der Waals surface area contributed by atoms with E-state index in [-0.39, 0.29) is 35.3 Å². The second kappa shape index (κ2) is 13.5. The van der Waals surface area contributed by atoms with Gasteiger partial charge in [0, 0.05) is 0 Å². The zero-order valence-corrected chi connectivity index (χ0v) is 27.5. The van der Waals surface area contributed by atoms with E-state index in [4.69, 9.17) is 23.2 Å². The number of benzene rings is 4. The summed E-state index contributed by atoms with van der Waals surface area (Å²) in [6.45, 7) is 0. The topological polar surface area (TPSA) is 58.2 Å². The van der Waals surface area contributed by atoms with Crippen molar-refractivity contribution in [2.24, 2.45) is 0 Å². The number of allylic oxidation sites excluding steroid dienone is 8. The SMILES string of the molecule is O=C(Nc1ccc(F)[c]([Ti]([C]2=CC=CC2)([C]2=CC=CC2)[c]2c(F)ccc(NC(=O)c3ccc(Cl)cc3)c2F)c1F)c1ccc(Cl)cc1. The molecule has 4 aromatic carbocycles. The summed E-state index contributed by atoms with van der Waals surface area (Å²) in [7, 11) is 0. The van der Waals surface area contributed by atoms with Crippen LogP contribution in [0.25, 0.3) is 0 Å². The summed E-state index contributed by atoms with van der Waals surface area (Å²) in [5.41, 5.74) is -0.386. The van der Waals surface area contributed by atoms with Gasteiger partial charge >= 0.3 is 283 Å². The van der Waals surface area contributed by atoms with E-state index in [2.05, 4.69) is 10.6 Å². The molecule has 4 aromatic rings. The number of anilines is 2. The molecular formula is C36H24Cl2F4N2O2Ti. The Morgan fingerprint density at radius 2 is 0.957 bits per heavy atom. The van der Waals surface area contributed by atoms with E-state index in [1.165, 1.54) is 48.5 Å². The van der Waals surface area contributed by atoms with Gasteiger partial charge < -0.3 is 0 Å². The molecule has 0 spiro atoms. The zero-order chi connectivity index (χ0) is 33.3. The van der Waals surface area contributed by atoms with E-state index in [0.717, 1.165) is 24.3 Å². The molecule has 2 aliphatic carbocycles. The molecule has 0 saturated carbocycles. The molecule has 0 heterocycles. The van der Waals surface area contributed by atoms with Gasteiger partial charge in [0.25, 0.3) is 0 Å². The van der Waals surface area contributed by atoms with Gasteiger partial charge in [-0.1, -0.05) is 0 Å². The number of carbonyl (C=O) groups excluding carboxylic acids is 2. The summed E-state index contributed by atoms with van der Waals surface area (Å²) in [6, 6.07) is 15.9. The predicted octanol–water partition coefficient (Wildman–Crippen LogP) is 8.85. The number of hydrogen-bond donors (Lipinski definition) is 2. The molecule has 2 aliphatic rings. The van der Waals surface area contributed by atoms with Gasteiger partial charge in [0.05, 0.1) is 0 Å². The molecule has 4 nitrogen and oxygen atoms in total. The fourth-order valence-corrected chi connectivity index (χ4v) is 14.5. The van der Waals surface area contributed by atoms with Crippen LogP contribution >= 0.6 is 23.2 Å². The van der Waals surface area contributed by atoms with Gasteiger partial charge in [0.2, 0.25) is 0 Å². The molecule has 0 unspecified atom stereocenters. The number of hydrogen-bond acceptors (Lipinski definition) is 2. The van der Waals surface area contributed by atoms with Gasteiger partial charge in [0.1, 0.15) is 0 Å². The third-order valence-corrected chi connectivity index (χ3v) is 16.6. The van der Waals surface area contributed by atoms with Crippen LogP contribution in [-0.4, -0.2) is 11.8 Å². The molecule has 0 saturated heterocycles. The molecule has 0 aromatic heterocycles. The number of rotatable bonds is 8. The molecular weight excluding hydrogens is 687 g/mol. The Morgan fingerprint density at radius 1 is 0.574 bits per heavy atom. The molecule has 2 amide bonds. The predicted molar refractivity (Wildman–Crippen MR) is 174 cm³/mol. The number of carbonyl (C=O) groups is 2. The van der Waals surface area contributed by atoms with E-state index in [1.807, 2.05) is 0 Å². The van der Waals surface area contributed by atoms with Crippen LogP contribution in [0.3, 0.4) is 0 Å². The Morgan fingerprint density at radius 3 is 1.30 bits per heavy atom. The average Bonchev–Trinajstić information content (AvgIpc) is 3.80. The van der Waals surface area contributed by atoms with Crippen LogP contribution in [0.1, 0.15) is 33.6 Å². The molecule has 2 N–H and O–H groups in total. The molecule has 11 heteroatoms. The Bertz CT molecular complexity index is 1890. The van der Waals surface area contributed by atoms with Crippen LogP contribution < -0.4 is 18.4 Å². The molecule has 0 atom stereocenters. The molecule has 236 valence electrons. The summed E-state index contributed by atoms with van der Waals surface area (Å²) < 4.78 is 66.4. The van der Waals surface area contributed by atoms with Crippen LogP contribution in [0.2, 0.25) is 10.0 Å². The van der Waals surface area contributed by atoms with Gasteiger partial charge in [-0.2, -0.15) is 0 Å². The monoisotopic (exact) mass is 710 g/mol. The maximum absolute atomic E-state index is 16.9. The van der Waals surface area contributed by atoms with Crippen LogP contribution in [-0.2, 0) is 16.6 Å². The summed E-state index contributed by atoms with van der Waals surface area (Å²) in [5, 5.41) is 5.76. The van der Waals surface area contributed by atoms with E-state index < -0.39 is 59.4 Å². The van der Waals surface area contributed by atoms with Crippen molar-refractivity contribution in [2.75, 3.05) is 10.6 Å². The first-order valence-electron chi connectivity index (χ1n) is 14.4. The van der Waals surface area contributed by atoms with E-state index in [9.17, 15) is 9.59 Å². The van der Waals surface area contributed by atoms with Crippen molar-refractivity contribution < 1.29 is 43.7 Å². The molecule has 47 heavy (non-hydrogen) atoms. The zero-order valence-electron chi connectivity index (χ0n) is 24.4. The summed E-state index contributed by atoms with van der Waals surface area (Å²) >= 11 is 6.64. The first-order valence-corrected chi connectivity index (χ1v) is 18.3. The van der Waals surface area contributed by atoms with Crippen molar-refractivity contribution in [3.05, 3.63) is 161 Å². The third-order valence-electron chi connectivity index (χ3n) is 8.15. The minimum atomic E-state index is -5.23. The second-order valence-electron chi connectivity index (χ2n) is 10.9. The van der Waals surface area contributed by atoms with Gasteiger partial charge in [0.15, 0.2) is 0 Å². The van der Waals surface area contributed by atoms with Gasteiger partial charge in [-0.3, -0.25) is 0 Å². The first-order chi connectivity index (χ1) is 22.6. The Labute approximate surface area is 281 Å². The normalized spacial score (nSPS) is 13.8. The first kappa shape index (κ1) is 32.7. The van der Waals surface area contributed by atoms with Crippen molar-refractivity contribution >= 4 is 54.1 Å².